The van der Waals surface area contributed by atoms with Crippen LogP contribution < -0.4 is 10.0 Å². The van der Waals surface area contributed by atoms with Gasteiger partial charge in [-0.05, 0) is 64.7 Å². The predicted octanol–water partition coefficient (Wildman–Crippen LogP) is 6.39. The van der Waals surface area contributed by atoms with E-state index in [1.807, 2.05) is 90.1 Å². The van der Waals surface area contributed by atoms with E-state index >= 15 is 0 Å². The quantitative estimate of drug-likeness (QED) is 0.227. The van der Waals surface area contributed by atoms with Gasteiger partial charge in [0.2, 0.25) is 0 Å². The molecule has 3 aromatic rings. The molecule has 0 spiro atoms. The summed E-state index contributed by atoms with van der Waals surface area (Å²) in [4.78, 5) is 17.5. The molecular formula is C28H37N3O4S2. The third-order valence-corrected chi connectivity index (χ3v) is 7.73. The van der Waals surface area contributed by atoms with Crippen LogP contribution in [-0.2, 0) is 33.9 Å². The predicted molar refractivity (Wildman–Crippen MR) is 151 cm³/mol. The molecule has 0 aliphatic rings. The number of hydrogen-bond donors (Lipinski definition) is 2. The van der Waals surface area contributed by atoms with Crippen molar-refractivity contribution < 1.29 is 18.8 Å². The SMILES string of the molecule is CC(C)(C)OC(=O)Nc1ncc([C@H](N[S+]([O-])C(C)(C)C)c2ccccc2CCOCc2ccccc2)s1. The molecule has 0 aliphatic heterocycles. The minimum atomic E-state index is -1.34. The molecule has 3 rings (SSSR count). The molecule has 0 radical (unpaired) electrons. The lowest BCUT2D eigenvalue weighted by Gasteiger charge is -2.28. The number of rotatable bonds is 10. The van der Waals surface area contributed by atoms with Crippen LogP contribution in [0.25, 0.3) is 0 Å². The number of ether oxygens (including phenoxy) is 2. The first-order chi connectivity index (χ1) is 17.4. The van der Waals surface area contributed by atoms with Crippen LogP contribution in [0.1, 0.15) is 69.2 Å². The number of nitrogens with one attached hydrogen (secondary N) is 2. The van der Waals surface area contributed by atoms with Crippen molar-refractivity contribution in [3.05, 3.63) is 82.4 Å². The molecule has 0 fully saturated rings. The molecule has 2 N–H and O–H groups in total. The normalized spacial score (nSPS) is 13.7. The van der Waals surface area contributed by atoms with Gasteiger partial charge in [-0.25, -0.2) is 9.78 Å². The molecule has 37 heavy (non-hydrogen) atoms. The van der Waals surface area contributed by atoms with Gasteiger partial charge in [0, 0.05) is 17.6 Å². The summed E-state index contributed by atoms with van der Waals surface area (Å²) in [5.74, 6) is 0. The molecule has 0 aliphatic carbocycles. The minimum Gasteiger partial charge on any atom is -0.598 e. The van der Waals surface area contributed by atoms with Crippen molar-refractivity contribution in [1.29, 1.82) is 0 Å². The van der Waals surface area contributed by atoms with Crippen molar-refractivity contribution in [3.63, 3.8) is 0 Å². The molecule has 9 heteroatoms. The fourth-order valence-electron chi connectivity index (χ4n) is 3.42. The van der Waals surface area contributed by atoms with Gasteiger partial charge in [0.1, 0.15) is 16.4 Å². The summed E-state index contributed by atoms with van der Waals surface area (Å²) in [5.41, 5.74) is 2.61. The van der Waals surface area contributed by atoms with Crippen LogP contribution in [0.4, 0.5) is 9.93 Å². The summed E-state index contributed by atoms with van der Waals surface area (Å²) in [6, 6.07) is 17.8. The lowest BCUT2D eigenvalue weighted by molar-refractivity contribution is 0.0636. The van der Waals surface area contributed by atoms with Crippen LogP contribution in [0.3, 0.4) is 0 Å². The topological polar surface area (TPSA) is 95.5 Å². The van der Waals surface area contributed by atoms with E-state index in [4.69, 9.17) is 9.47 Å². The largest absolute Gasteiger partial charge is 0.598 e. The van der Waals surface area contributed by atoms with Crippen LogP contribution in [0.5, 0.6) is 0 Å². The Morgan fingerprint density at radius 1 is 1.05 bits per heavy atom. The standard InChI is InChI=1S/C28H37N3O4S2/c1-27(2,3)35-26(32)30-25-29-18-23(36-25)24(31-37(33)28(4,5)6)22-15-11-10-14-21(22)16-17-34-19-20-12-8-7-9-13-20/h7-15,18,24,31H,16-17,19H2,1-6H3,(H,29,30,32)/t24-,37?/m1/s1. The van der Waals surface area contributed by atoms with Crippen molar-refractivity contribution in [1.82, 2.24) is 9.71 Å². The highest BCUT2D eigenvalue weighted by Gasteiger charge is 2.32. The van der Waals surface area contributed by atoms with E-state index < -0.39 is 27.8 Å². The highest BCUT2D eigenvalue weighted by Crippen LogP contribution is 2.33. The molecule has 0 saturated carbocycles. The molecule has 0 saturated heterocycles. The molecular weight excluding hydrogens is 506 g/mol. The van der Waals surface area contributed by atoms with E-state index in [-0.39, 0.29) is 6.04 Å². The fraction of sp³-hybridized carbons (Fsp3) is 0.429. The molecule has 200 valence electrons. The number of hydrogen-bond acceptors (Lipinski definition) is 7. The molecule has 1 aromatic heterocycles. The summed E-state index contributed by atoms with van der Waals surface area (Å²) >= 11 is -0.0123. The minimum absolute atomic E-state index is 0.378. The van der Waals surface area contributed by atoms with Crippen molar-refractivity contribution >= 4 is 33.9 Å². The van der Waals surface area contributed by atoms with Crippen molar-refractivity contribution in [3.8, 4) is 0 Å². The van der Waals surface area contributed by atoms with Gasteiger partial charge in [-0.2, -0.15) is 0 Å². The molecule has 7 nitrogen and oxygen atoms in total. The first-order valence-corrected chi connectivity index (χ1v) is 14.2. The maximum absolute atomic E-state index is 13.2. The van der Waals surface area contributed by atoms with Crippen molar-refractivity contribution in [2.24, 2.45) is 0 Å². The second kappa shape index (κ2) is 12.9. The second-order valence-electron chi connectivity index (χ2n) is 10.6. The molecule has 1 heterocycles. The Kier molecular flexibility index (Phi) is 10.1. The summed E-state index contributed by atoms with van der Waals surface area (Å²) in [7, 11) is 0. The van der Waals surface area contributed by atoms with Gasteiger partial charge in [0.25, 0.3) is 0 Å². The number of thiazole rings is 1. The van der Waals surface area contributed by atoms with Crippen LogP contribution in [-0.4, -0.2) is 32.6 Å². The number of anilines is 1. The van der Waals surface area contributed by atoms with E-state index in [1.54, 1.807) is 6.20 Å². The Hall–Kier alpha value is -2.43. The van der Waals surface area contributed by atoms with Crippen LogP contribution >= 0.6 is 11.3 Å². The maximum atomic E-state index is 13.2. The average molecular weight is 544 g/mol. The second-order valence-corrected chi connectivity index (χ2v) is 13.7. The molecule has 1 amide bonds. The van der Waals surface area contributed by atoms with Gasteiger partial charge in [0.05, 0.1) is 18.1 Å². The average Bonchev–Trinajstić information content (AvgIpc) is 3.27. The van der Waals surface area contributed by atoms with Gasteiger partial charge in [-0.15, -0.1) is 4.72 Å². The highest BCUT2D eigenvalue weighted by atomic mass is 32.2. The molecule has 2 aromatic carbocycles. The van der Waals surface area contributed by atoms with E-state index in [0.717, 1.165) is 21.6 Å². The van der Waals surface area contributed by atoms with Gasteiger partial charge >= 0.3 is 6.09 Å². The first kappa shape index (κ1) is 29.1. The molecule has 1 unspecified atom stereocenters. The Morgan fingerprint density at radius 2 is 1.73 bits per heavy atom. The zero-order valence-electron chi connectivity index (χ0n) is 22.4. The van der Waals surface area contributed by atoms with E-state index in [9.17, 15) is 9.35 Å². The Morgan fingerprint density at radius 3 is 2.41 bits per heavy atom. The Labute approximate surface area is 227 Å². The third kappa shape index (κ3) is 9.43. The third-order valence-electron chi connectivity index (χ3n) is 5.19. The van der Waals surface area contributed by atoms with Crippen LogP contribution in [0.15, 0.2) is 60.8 Å². The number of nitrogens with zero attached hydrogens (tertiary/aromatic N) is 1. The first-order valence-electron chi connectivity index (χ1n) is 12.3. The van der Waals surface area contributed by atoms with Gasteiger partial charge < -0.3 is 14.0 Å². The summed E-state index contributed by atoms with van der Waals surface area (Å²) in [6.45, 7) is 12.3. The lowest BCUT2D eigenvalue weighted by atomic mass is 9.98. The van der Waals surface area contributed by atoms with Crippen molar-refractivity contribution in [2.75, 3.05) is 11.9 Å². The number of aromatic nitrogens is 1. The maximum Gasteiger partial charge on any atom is 0.413 e. The molecule has 0 bridgehead atoms. The van der Waals surface area contributed by atoms with Gasteiger partial charge in [-0.3, -0.25) is 5.32 Å². The zero-order valence-corrected chi connectivity index (χ0v) is 24.0. The lowest BCUT2D eigenvalue weighted by Crippen LogP contribution is -2.41. The number of carbonyl (C=O) groups is 1. The summed E-state index contributed by atoms with van der Waals surface area (Å²) in [5, 5.41) is 3.12. The Balaban J connectivity index is 1.80. The summed E-state index contributed by atoms with van der Waals surface area (Å²) in [6.07, 6.45) is 1.84. The highest BCUT2D eigenvalue weighted by molar-refractivity contribution is 7.90. The van der Waals surface area contributed by atoms with E-state index in [0.29, 0.717) is 24.8 Å². The number of benzene rings is 2. The fourth-order valence-corrected chi connectivity index (χ4v) is 5.19. The van der Waals surface area contributed by atoms with Crippen LogP contribution in [0, 0.1) is 0 Å². The summed E-state index contributed by atoms with van der Waals surface area (Å²) < 4.78 is 27.3. The van der Waals surface area contributed by atoms with Crippen molar-refractivity contribution in [2.45, 2.75) is 71.0 Å². The van der Waals surface area contributed by atoms with Gasteiger partial charge in [-0.1, -0.05) is 65.9 Å². The van der Waals surface area contributed by atoms with Gasteiger partial charge in [0.15, 0.2) is 5.13 Å². The van der Waals surface area contributed by atoms with Crippen LogP contribution in [0.2, 0.25) is 0 Å². The van der Waals surface area contributed by atoms with E-state index in [1.165, 1.54) is 11.3 Å². The smallest absolute Gasteiger partial charge is 0.413 e. The number of amides is 1. The molecule has 2 atom stereocenters. The monoisotopic (exact) mass is 543 g/mol. The zero-order chi connectivity index (χ0) is 27.1. The number of carbonyl (C=O) groups excluding carboxylic acids is 1. The van der Waals surface area contributed by atoms with E-state index in [2.05, 4.69) is 21.1 Å². The Bertz CT molecular complexity index is 1140.